The van der Waals surface area contributed by atoms with Crippen LogP contribution in [0.5, 0.6) is 5.75 Å². The molecule has 0 N–H and O–H groups in total. The highest BCUT2D eigenvalue weighted by atomic mass is 32.2. The largest absolute Gasteiger partial charge is 0.497 e. The molecule has 25 heavy (non-hydrogen) atoms. The average molecular weight is 357 g/mol. The molecule has 130 valence electrons. The molecule has 0 saturated heterocycles. The summed E-state index contributed by atoms with van der Waals surface area (Å²) in [5.41, 5.74) is 2.43. The van der Waals surface area contributed by atoms with Crippen LogP contribution in [-0.4, -0.2) is 22.6 Å². The van der Waals surface area contributed by atoms with E-state index in [2.05, 4.69) is 0 Å². The van der Waals surface area contributed by atoms with E-state index in [1.807, 2.05) is 25.1 Å². The quantitative estimate of drug-likeness (QED) is 0.690. The first kappa shape index (κ1) is 17.1. The van der Waals surface area contributed by atoms with Gasteiger partial charge < -0.3 is 9.15 Å². The third kappa shape index (κ3) is 3.25. The fraction of sp³-hybridized carbons (Fsp3) is 0.158. The highest BCUT2D eigenvalue weighted by molar-refractivity contribution is 7.92. The van der Waals surface area contributed by atoms with E-state index in [1.165, 1.54) is 30.6 Å². The van der Waals surface area contributed by atoms with Crippen LogP contribution in [0.15, 0.2) is 70.2 Å². The van der Waals surface area contributed by atoms with Crippen LogP contribution in [-0.2, 0) is 10.0 Å². The molecule has 1 aromatic heterocycles. The summed E-state index contributed by atoms with van der Waals surface area (Å²) in [4.78, 5) is 0.205. The molecule has 0 bridgehead atoms. The van der Waals surface area contributed by atoms with E-state index in [0.29, 0.717) is 17.2 Å². The van der Waals surface area contributed by atoms with E-state index in [4.69, 9.17) is 9.15 Å². The number of nitrogens with zero attached hydrogens (tertiary/aromatic N) is 1. The summed E-state index contributed by atoms with van der Waals surface area (Å²) >= 11 is 0. The smallest absolute Gasteiger partial charge is 0.264 e. The fourth-order valence-corrected chi connectivity index (χ4v) is 3.74. The van der Waals surface area contributed by atoms with Crippen molar-refractivity contribution in [1.82, 2.24) is 0 Å². The van der Waals surface area contributed by atoms with Crippen LogP contribution in [0, 0.1) is 6.92 Å². The van der Waals surface area contributed by atoms with Gasteiger partial charge in [-0.2, -0.15) is 0 Å². The van der Waals surface area contributed by atoms with Crippen molar-refractivity contribution >= 4 is 15.7 Å². The molecule has 3 rings (SSSR count). The van der Waals surface area contributed by atoms with E-state index in [-0.39, 0.29) is 4.90 Å². The van der Waals surface area contributed by atoms with Crippen LogP contribution >= 0.6 is 0 Å². The number of hydrogen-bond acceptors (Lipinski definition) is 4. The zero-order chi connectivity index (χ0) is 18.0. The lowest BCUT2D eigenvalue weighted by atomic mass is 10.1. The third-order valence-electron chi connectivity index (χ3n) is 4.09. The molecule has 0 saturated carbocycles. The number of methoxy groups -OCH3 is 1. The summed E-state index contributed by atoms with van der Waals surface area (Å²) in [6, 6.07) is 15.5. The molecule has 1 heterocycles. The molecule has 0 aliphatic rings. The minimum atomic E-state index is -3.67. The summed E-state index contributed by atoms with van der Waals surface area (Å²) in [5, 5.41) is 0. The second-order valence-electron chi connectivity index (χ2n) is 5.62. The highest BCUT2D eigenvalue weighted by Gasteiger charge is 2.22. The molecule has 2 aromatic carbocycles. The Bertz CT molecular complexity index is 961. The predicted octanol–water partition coefficient (Wildman–Crippen LogP) is 4.09. The van der Waals surface area contributed by atoms with Gasteiger partial charge in [0.05, 0.1) is 24.0 Å². The van der Waals surface area contributed by atoms with Crippen LogP contribution < -0.4 is 9.04 Å². The maximum absolute atomic E-state index is 12.9. The van der Waals surface area contributed by atoms with E-state index in [1.54, 1.807) is 30.5 Å². The Labute approximate surface area is 147 Å². The Kier molecular flexibility index (Phi) is 4.55. The van der Waals surface area contributed by atoms with Gasteiger partial charge in [-0.3, -0.25) is 4.31 Å². The number of hydrogen-bond donors (Lipinski definition) is 0. The van der Waals surface area contributed by atoms with Crippen LogP contribution in [0.25, 0.3) is 11.3 Å². The van der Waals surface area contributed by atoms with Gasteiger partial charge in [0.25, 0.3) is 10.0 Å². The first-order valence-corrected chi connectivity index (χ1v) is 9.15. The topological polar surface area (TPSA) is 59.8 Å². The van der Waals surface area contributed by atoms with Crippen molar-refractivity contribution in [2.45, 2.75) is 11.8 Å². The lowest BCUT2D eigenvalue weighted by molar-refractivity contribution is 0.414. The van der Waals surface area contributed by atoms with Gasteiger partial charge in [0.2, 0.25) is 0 Å². The van der Waals surface area contributed by atoms with Gasteiger partial charge >= 0.3 is 0 Å². The Morgan fingerprint density at radius 2 is 1.76 bits per heavy atom. The summed E-state index contributed by atoms with van der Waals surface area (Å²) in [7, 11) is -0.591. The van der Waals surface area contributed by atoms with E-state index in [9.17, 15) is 8.42 Å². The Morgan fingerprint density at radius 3 is 2.36 bits per heavy atom. The molecule has 0 spiro atoms. The Morgan fingerprint density at radius 1 is 1.04 bits per heavy atom. The van der Waals surface area contributed by atoms with Crippen LogP contribution in [0.1, 0.15) is 5.56 Å². The number of benzene rings is 2. The molecular weight excluding hydrogens is 338 g/mol. The maximum Gasteiger partial charge on any atom is 0.264 e. The molecule has 0 aliphatic carbocycles. The van der Waals surface area contributed by atoms with Gasteiger partial charge in [-0.1, -0.05) is 6.07 Å². The fourth-order valence-electron chi connectivity index (χ4n) is 2.55. The van der Waals surface area contributed by atoms with E-state index >= 15 is 0 Å². The molecule has 0 aliphatic heterocycles. The zero-order valence-electron chi connectivity index (χ0n) is 14.3. The molecule has 0 atom stereocenters. The molecule has 0 amide bonds. The predicted molar refractivity (Wildman–Crippen MR) is 97.5 cm³/mol. The second-order valence-corrected chi connectivity index (χ2v) is 7.59. The normalized spacial score (nSPS) is 11.3. The van der Waals surface area contributed by atoms with Crippen molar-refractivity contribution in [2.24, 2.45) is 0 Å². The standard InChI is InChI=1S/C19H19NO4S/c1-14-6-7-15(13-18(14)19-5-4-12-24-19)20(2)25(21,22)17-10-8-16(23-3)9-11-17/h4-13H,1-3H3. The summed E-state index contributed by atoms with van der Waals surface area (Å²) in [6.45, 7) is 1.96. The van der Waals surface area contributed by atoms with Crippen molar-refractivity contribution in [3.05, 3.63) is 66.4 Å². The lowest BCUT2D eigenvalue weighted by Crippen LogP contribution is -2.26. The number of ether oxygens (including phenoxy) is 1. The van der Waals surface area contributed by atoms with Crippen LogP contribution in [0.2, 0.25) is 0 Å². The first-order valence-electron chi connectivity index (χ1n) is 7.71. The van der Waals surface area contributed by atoms with Gasteiger partial charge in [0.15, 0.2) is 0 Å². The Balaban J connectivity index is 1.99. The number of sulfonamides is 1. The SMILES string of the molecule is COc1ccc(S(=O)(=O)N(C)c2ccc(C)c(-c3ccco3)c2)cc1. The number of anilines is 1. The molecule has 0 radical (unpaired) electrons. The van der Waals surface area contributed by atoms with Crippen molar-refractivity contribution < 1.29 is 17.6 Å². The third-order valence-corrected chi connectivity index (χ3v) is 5.89. The van der Waals surface area contributed by atoms with E-state index in [0.717, 1.165) is 11.1 Å². The molecule has 3 aromatic rings. The minimum absolute atomic E-state index is 0.205. The average Bonchev–Trinajstić information content (AvgIpc) is 3.16. The van der Waals surface area contributed by atoms with Gasteiger partial charge in [-0.15, -0.1) is 0 Å². The van der Waals surface area contributed by atoms with E-state index < -0.39 is 10.0 Å². The highest BCUT2D eigenvalue weighted by Crippen LogP contribution is 2.30. The molecule has 5 nitrogen and oxygen atoms in total. The number of rotatable bonds is 5. The summed E-state index contributed by atoms with van der Waals surface area (Å²) < 4.78 is 37.5. The molecule has 0 fully saturated rings. The molecular formula is C19H19NO4S. The summed E-state index contributed by atoms with van der Waals surface area (Å²) in [6.07, 6.45) is 1.60. The monoisotopic (exact) mass is 357 g/mol. The van der Waals surface area contributed by atoms with Crippen molar-refractivity contribution in [2.75, 3.05) is 18.5 Å². The lowest BCUT2D eigenvalue weighted by Gasteiger charge is -2.21. The van der Waals surface area contributed by atoms with Crippen LogP contribution in [0.4, 0.5) is 5.69 Å². The molecule has 0 unspecified atom stereocenters. The van der Waals surface area contributed by atoms with Gasteiger partial charge in [0.1, 0.15) is 11.5 Å². The van der Waals surface area contributed by atoms with Crippen molar-refractivity contribution in [1.29, 1.82) is 0 Å². The maximum atomic E-state index is 12.9. The number of furan rings is 1. The summed E-state index contributed by atoms with van der Waals surface area (Å²) in [5.74, 6) is 1.31. The number of aryl methyl sites for hydroxylation is 1. The second kappa shape index (κ2) is 6.64. The van der Waals surface area contributed by atoms with Gasteiger partial charge in [-0.05, 0) is 61.0 Å². The van der Waals surface area contributed by atoms with Gasteiger partial charge in [-0.25, -0.2) is 8.42 Å². The zero-order valence-corrected chi connectivity index (χ0v) is 15.1. The van der Waals surface area contributed by atoms with Crippen molar-refractivity contribution in [3.8, 4) is 17.1 Å². The molecule has 6 heteroatoms. The van der Waals surface area contributed by atoms with Crippen LogP contribution in [0.3, 0.4) is 0 Å². The first-order chi connectivity index (χ1) is 11.9. The van der Waals surface area contributed by atoms with Crippen molar-refractivity contribution in [3.63, 3.8) is 0 Å². The Hall–Kier alpha value is -2.73. The minimum Gasteiger partial charge on any atom is -0.497 e. The van der Waals surface area contributed by atoms with Gasteiger partial charge in [0, 0.05) is 12.6 Å².